The molecule has 0 saturated carbocycles. The Morgan fingerprint density at radius 3 is 2.79 bits per heavy atom. The molecule has 2 aliphatic heterocycles. The summed E-state index contributed by atoms with van der Waals surface area (Å²) in [6.07, 6.45) is 5.45. The molecule has 0 aliphatic carbocycles. The van der Waals surface area contributed by atoms with Gasteiger partial charge in [0.25, 0.3) is 11.9 Å². The topological polar surface area (TPSA) is 84.4 Å². The van der Waals surface area contributed by atoms with E-state index in [0.717, 1.165) is 12.8 Å². The summed E-state index contributed by atoms with van der Waals surface area (Å²) in [7, 11) is 2.17. The Bertz CT molecular complexity index is 776. The fourth-order valence-corrected chi connectivity index (χ4v) is 4.18. The van der Waals surface area contributed by atoms with Gasteiger partial charge in [0.2, 0.25) is 0 Å². The third-order valence-corrected chi connectivity index (χ3v) is 5.40. The second-order valence-electron chi connectivity index (χ2n) is 6.90. The smallest absolute Gasteiger partial charge is 0.293 e. The van der Waals surface area contributed by atoms with Crippen LogP contribution < -0.4 is 11.1 Å². The number of nitrogen functional groups attached to an aromatic ring is 1. The molecule has 1 amide bonds. The quantitative estimate of drug-likeness (QED) is 0.881. The zero-order chi connectivity index (χ0) is 16.8. The Morgan fingerprint density at radius 1 is 1.38 bits per heavy atom. The number of nitrogens with one attached hydrogen (secondary N) is 1. The zero-order valence-electron chi connectivity index (χ0n) is 13.6. The van der Waals surface area contributed by atoms with Crippen LogP contribution in [0.2, 0.25) is 0 Å². The Morgan fingerprint density at radius 2 is 2.08 bits per heavy atom. The van der Waals surface area contributed by atoms with Crippen molar-refractivity contribution in [3.05, 3.63) is 23.5 Å². The monoisotopic (exact) mass is 332 g/mol. The number of nitrogens with two attached hydrogens (primary N) is 1. The second kappa shape index (κ2) is 5.73. The van der Waals surface area contributed by atoms with Gasteiger partial charge in [-0.25, -0.2) is 4.39 Å². The molecule has 3 N–H and O–H groups in total. The summed E-state index contributed by atoms with van der Waals surface area (Å²) in [5.74, 6) is -0.857. The number of rotatable bonds is 2. The number of oxazole rings is 1. The van der Waals surface area contributed by atoms with Crippen molar-refractivity contribution in [3.63, 3.8) is 0 Å². The van der Waals surface area contributed by atoms with Crippen molar-refractivity contribution < 1.29 is 13.6 Å². The summed E-state index contributed by atoms with van der Waals surface area (Å²) in [5, 5.41) is 3.06. The first-order chi connectivity index (χ1) is 11.5. The first-order valence-corrected chi connectivity index (χ1v) is 8.39. The van der Waals surface area contributed by atoms with Crippen molar-refractivity contribution in [1.29, 1.82) is 0 Å². The van der Waals surface area contributed by atoms with E-state index in [4.69, 9.17) is 10.2 Å². The number of carbonyl (C=O) groups is 1. The first kappa shape index (κ1) is 15.4. The van der Waals surface area contributed by atoms with Crippen LogP contribution in [-0.2, 0) is 0 Å². The zero-order valence-corrected chi connectivity index (χ0v) is 13.6. The van der Waals surface area contributed by atoms with E-state index in [1.54, 1.807) is 0 Å². The number of halogens is 1. The van der Waals surface area contributed by atoms with Gasteiger partial charge in [-0.3, -0.25) is 4.79 Å². The largest absolute Gasteiger partial charge is 0.424 e. The summed E-state index contributed by atoms with van der Waals surface area (Å²) in [6, 6.07) is 3.44. The minimum Gasteiger partial charge on any atom is -0.424 e. The molecule has 3 heterocycles. The van der Waals surface area contributed by atoms with Crippen LogP contribution >= 0.6 is 0 Å². The summed E-state index contributed by atoms with van der Waals surface area (Å²) in [6.45, 7) is 0. The number of nitrogens with zero attached hydrogens (tertiary/aromatic N) is 2. The number of piperidine rings is 2. The minimum absolute atomic E-state index is 0.0709. The fourth-order valence-electron chi connectivity index (χ4n) is 4.18. The number of hydrogen-bond acceptors (Lipinski definition) is 5. The highest BCUT2D eigenvalue weighted by molar-refractivity contribution is 6.04. The molecule has 24 heavy (non-hydrogen) atoms. The standard InChI is InChI=1S/C17H21FN4O2/c1-22-11-3-2-4-12(22)8-10(7-11)20-16(23)13-5-9(18)6-14-15(13)21-17(19)24-14/h5-6,10-12H,2-4,7-8H2,1H3,(H2,19,21)(H,20,23). The van der Waals surface area contributed by atoms with Gasteiger partial charge >= 0.3 is 0 Å². The van der Waals surface area contributed by atoms with Crippen LogP contribution in [0.4, 0.5) is 10.4 Å². The third kappa shape index (κ3) is 2.62. The van der Waals surface area contributed by atoms with E-state index in [1.807, 2.05) is 0 Å². The molecule has 7 heteroatoms. The number of fused-ring (bicyclic) bond motifs is 3. The van der Waals surface area contributed by atoms with Crippen LogP contribution in [0, 0.1) is 5.82 Å². The molecule has 1 aromatic carbocycles. The van der Waals surface area contributed by atoms with Crippen molar-refractivity contribution in [2.24, 2.45) is 0 Å². The lowest BCUT2D eigenvalue weighted by Gasteiger charge is -2.47. The molecule has 2 fully saturated rings. The van der Waals surface area contributed by atoms with Crippen molar-refractivity contribution in [2.75, 3.05) is 12.8 Å². The van der Waals surface area contributed by atoms with Gasteiger partial charge in [0.05, 0.1) is 5.56 Å². The molecule has 2 aliphatic rings. The molecule has 2 bridgehead atoms. The van der Waals surface area contributed by atoms with Gasteiger partial charge in [-0.05, 0) is 38.8 Å². The van der Waals surface area contributed by atoms with Gasteiger partial charge in [0.15, 0.2) is 5.58 Å². The lowest BCUT2D eigenvalue weighted by molar-refractivity contribution is 0.0463. The van der Waals surface area contributed by atoms with E-state index >= 15 is 0 Å². The van der Waals surface area contributed by atoms with Crippen molar-refractivity contribution in [3.8, 4) is 0 Å². The SMILES string of the molecule is CN1C2CCCC1CC(NC(=O)c1cc(F)cc3oc(N)nc13)C2. The van der Waals surface area contributed by atoms with Gasteiger partial charge in [0.1, 0.15) is 11.3 Å². The van der Waals surface area contributed by atoms with Crippen molar-refractivity contribution in [1.82, 2.24) is 15.2 Å². The lowest BCUT2D eigenvalue weighted by Crippen LogP contribution is -2.55. The molecule has 4 rings (SSSR count). The lowest BCUT2D eigenvalue weighted by atomic mass is 9.82. The first-order valence-electron chi connectivity index (χ1n) is 8.39. The Labute approximate surface area is 139 Å². The Balaban J connectivity index is 1.57. The van der Waals surface area contributed by atoms with E-state index in [9.17, 15) is 9.18 Å². The number of anilines is 1. The molecular formula is C17H21FN4O2. The molecule has 2 unspecified atom stereocenters. The number of hydrogen-bond donors (Lipinski definition) is 2. The summed E-state index contributed by atoms with van der Waals surface area (Å²) >= 11 is 0. The van der Waals surface area contributed by atoms with Crippen LogP contribution in [0.3, 0.4) is 0 Å². The average molecular weight is 332 g/mol. The van der Waals surface area contributed by atoms with E-state index in [1.165, 1.54) is 31.4 Å². The van der Waals surface area contributed by atoms with Crippen LogP contribution in [0.5, 0.6) is 0 Å². The summed E-state index contributed by atoms with van der Waals surface area (Å²) in [4.78, 5) is 19.1. The van der Waals surface area contributed by atoms with Crippen LogP contribution in [0.1, 0.15) is 42.5 Å². The normalized spacial score (nSPS) is 27.3. The predicted octanol–water partition coefficient (Wildman–Crippen LogP) is 2.29. The van der Waals surface area contributed by atoms with Crippen LogP contribution in [0.25, 0.3) is 11.1 Å². The van der Waals surface area contributed by atoms with Gasteiger partial charge < -0.3 is 20.4 Å². The Hall–Kier alpha value is -2.15. The maximum absolute atomic E-state index is 13.8. The highest BCUT2D eigenvalue weighted by atomic mass is 19.1. The second-order valence-corrected chi connectivity index (χ2v) is 6.90. The molecule has 2 atom stereocenters. The maximum Gasteiger partial charge on any atom is 0.293 e. The molecule has 0 spiro atoms. The van der Waals surface area contributed by atoms with E-state index in [2.05, 4.69) is 22.2 Å². The number of benzene rings is 1. The fraction of sp³-hybridized carbons (Fsp3) is 0.529. The van der Waals surface area contributed by atoms with E-state index in [-0.39, 0.29) is 29.1 Å². The van der Waals surface area contributed by atoms with Crippen molar-refractivity contribution >= 4 is 23.0 Å². The van der Waals surface area contributed by atoms with Gasteiger partial charge in [0, 0.05) is 24.2 Å². The van der Waals surface area contributed by atoms with E-state index < -0.39 is 5.82 Å². The number of aromatic nitrogens is 1. The van der Waals surface area contributed by atoms with Crippen LogP contribution in [-0.4, -0.2) is 41.0 Å². The molecule has 0 radical (unpaired) electrons. The third-order valence-electron chi connectivity index (χ3n) is 5.40. The minimum atomic E-state index is -0.538. The van der Waals surface area contributed by atoms with Gasteiger partial charge in [-0.1, -0.05) is 6.42 Å². The van der Waals surface area contributed by atoms with Crippen molar-refractivity contribution in [2.45, 2.75) is 50.2 Å². The summed E-state index contributed by atoms with van der Waals surface area (Å²) in [5.41, 5.74) is 6.21. The number of carbonyl (C=O) groups excluding carboxylic acids is 1. The van der Waals surface area contributed by atoms with Gasteiger partial charge in [-0.2, -0.15) is 4.98 Å². The van der Waals surface area contributed by atoms with Gasteiger partial charge in [-0.15, -0.1) is 0 Å². The molecule has 6 nitrogen and oxygen atoms in total. The molecule has 2 saturated heterocycles. The molecule has 128 valence electrons. The van der Waals surface area contributed by atoms with E-state index in [0.29, 0.717) is 17.6 Å². The molecule has 1 aromatic heterocycles. The molecule has 2 aromatic rings. The highest BCUT2D eigenvalue weighted by Gasteiger charge is 2.36. The Kier molecular flexibility index (Phi) is 3.68. The summed E-state index contributed by atoms with van der Waals surface area (Å²) < 4.78 is 18.9. The average Bonchev–Trinajstić information content (AvgIpc) is 2.87. The molecular weight excluding hydrogens is 311 g/mol. The van der Waals surface area contributed by atoms with Crippen LogP contribution in [0.15, 0.2) is 16.5 Å². The maximum atomic E-state index is 13.8. The predicted molar refractivity (Wildman–Crippen MR) is 88.1 cm³/mol. The highest BCUT2D eigenvalue weighted by Crippen LogP contribution is 2.33. The number of amides is 1.